The van der Waals surface area contributed by atoms with Crippen LogP contribution in [0.4, 0.5) is 15.3 Å². The van der Waals surface area contributed by atoms with Gasteiger partial charge in [0.2, 0.25) is 0 Å². The number of halogens is 3. The molecule has 2 N–H and O–H groups in total. The van der Waals surface area contributed by atoms with E-state index in [9.17, 15) is 9.59 Å². The Hall–Kier alpha value is -1.39. The lowest BCUT2D eigenvalue weighted by Gasteiger charge is -2.22. The SMILES string of the molecule is CC(C)(C)OC(=O)Nc1cc(Cl)c(Cl)c2c1c(I)c1n2C[C@@H](NC(=O)OC(C)(C)C)C1. The molecule has 0 aliphatic carbocycles. The summed E-state index contributed by atoms with van der Waals surface area (Å²) < 4.78 is 13.7. The molecule has 0 saturated heterocycles. The monoisotopic (exact) mass is 581 g/mol. The second-order valence-corrected chi connectivity index (χ2v) is 11.4. The van der Waals surface area contributed by atoms with Gasteiger partial charge in [0.1, 0.15) is 11.2 Å². The average Bonchev–Trinajstić information content (AvgIpc) is 3.07. The number of benzene rings is 1. The van der Waals surface area contributed by atoms with Crippen LogP contribution in [0.2, 0.25) is 10.0 Å². The zero-order chi connectivity index (χ0) is 23.3. The van der Waals surface area contributed by atoms with Crippen molar-refractivity contribution in [1.82, 2.24) is 9.88 Å². The molecule has 1 aliphatic rings. The standard InChI is InChI=1S/C21H26Cl2IN3O4/c1-20(2,3)30-18(28)25-10-7-13-16(24)14-12(26-19(29)31-21(4,5)6)8-11(22)15(23)17(14)27(13)9-10/h8,10H,7,9H2,1-6H3,(H,25,28)(H,26,29)/t10-/m0/s1. The van der Waals surface area contributed by atoms with E-state index in [1.54, 1.807) is 26.8 Å². The molecule has 7 nitrogen and oxygen atoms in total. The first-order valence-electron chi connectivity index (χ1n) is 9.84. The van der Waals surface area contributed by atoms with Crippen molar-refractivity contribution in [3.63, 3.8) is 0 Å². The number of alkyl carbamates (subject to hydrolysis) is 1. The first kappa shape index (κ1) is 24.3. The number of amides is 2. The normalized spacial score (nSPS) is 16.2. The number of nitrogens with zero attached hydrogens (tertiary/aromatic N) is 1. The van der Waals surface area contributed by atoms with E-state index >= 15 is 0 Å². The van der Waals surface area contributed by atoms with Crippen LogP contribution in [0.5, 0.6) is 0 Å². The molecule has 0 bridgehead atoms. The number of hydrogen-bond acceptors (Lipinski definition) is 4. The lowest BCUT2D eigenvalue weighted by Crippen LogP contribution is -2.40. The van der Waals surface area contributed by atoms with Crippen molar-refractivity contribution >= 4 is 74.6 Å². The number of anilines is 1. The van der Waals surface area contributed by atoms with E-state index in [0.717, 1.165) is 14.7 Å². The molecule has 2 aromatic rings. The number of carbonyl (C=O) groups is 2. The van der Waals surface area contributed by atoms with Crippen molar-refractivity contribution in [1.29, 1.82) is 0 Å². The van der Waals surface area contributed by atoms with Gasteiger partial charge in [0.15, 0.2) is 0 Å². The number of carbonyl (C=O) groups excluding carboxylic acids is 2. The predicted molar refractivity (Wildman–Crippen MR) is 131 cm³/mol. The molecule has 2 heterocycles. The van der Waals surface area contributed by atoms with Crippen LogP contribution in [0.3, 0.4) is 0 Å². The van der Waals surface area contributed by atoms with Gasteiger partial charge in [0, 0.05) is 27.6 Å². The zero-order valence-electron chi connectivity index (χ0n) is 18.3. The maximum atomic E-state index is 12.4. The molecule has 10 heteroatoms. The van der Waals surface area contributed by atoms with Crippen LogP contribution in [-0.4, -0.2) is 34.0 Å². The van der Waals surface area contributed by atoms with Gasteiger partial charge in [-0.1, -0.05) is 23.2 Å². The van der Waals surface area contributed by atoms with Crippen molar-refractivity contribution in [3.8, 4) is 0 Å². The van der Waals surface area contributed by atoms with E-state index in [2.05, 4.69) is 33.2 Å². The van der Waals surface area contributed by atoms with Gasteiger partial charge in [-0.2, -0.15) is 0 Å². The van der Waals surface area contributed by atoms with Crippen LogP contribution in [0, 0.1) is 3.57 Å². The van der Waals surface area contributed by atoms with Gasteiger partial charge < -0.3 is 19.4 Å². The molecule has 1 atom stereocenters. The summed E-state index contributed by atoms with van der Waals surface area (Å²) in [7, 11) is 0. The van der Waals surface area contributed by atoms with Gasteiger partial charge >= 0.3 is 12.2 Å². The molecule has 170 valence electrons. The third kappa shape index (κ3) is 5.51. The quantitative estimate of drug-likeness (QED) is 0.405. The second kappa shape index (κ2) is 8.51. The smallest absolute Gasteiger partial charge is 0.412 e. The molecular formula is C21H26Cl2IN3O4. The molecule has 1 aromatic heterocycles. The number of nitrogens with one attached hydrogen (secondary N) is 2. The highest BCUT2D eigenvalue weighted by atomic mass is 127. The topological polar surface area (TPSA) is 81.6 Å². The van der Waals surface area contributed by atoms with E-state index in [-0.39, 0.29) is 6.04 Å². The largest absolute Gasteiger partial charge is 0.444 e. The zero-order valence-corrected chi connectivity index (χ0v) is 22.0. The lowest BCUT2D eigenvalue weighted by atomic mass is 10.1. The predicted octanol–water partition coefficient (Wildman–Crippen LogP) is 6.35. The summed E-state index contributed by atoms with van der Waals surface area (Å²) >= 11 is 15.2. The van der Waals surface area contributed by atoms with Crippen molar-refractivity contribution in [3.05, 3.63) is 25.4 Å². The fourth-order valence-electron chi connectivity index (χ4n) is 3.49. The van der Waals surface area contributed by atoms with Crippen molar-refractivity contribution in [2.75, 3.05) is 5.32 Å². The number of fused-ring (bicyclic) bond motifs is 3. The fraction of sp³-hybridized carbons (Fsp3) is 0.524. The van der Waals surface area contributed by atoms with Gasteiger partial charge in [0.05, 0.1) is 27.3 Å². The molecule has 0 saturated carbocycles. The van der Waals surface area contributed by atoms with Gasteiger partial charge in [-0.15, -0.1) is 0 Å². The van der Waals surface area contributed by atoms with Gasteiger partial charge in [-0.05, 0) is 70.2 Å². The Morgan fingerprint density at radius 1 is 1.10 bits per heavy atom. The summed E-state index contributed by atoms with van der Waals surface area (Å²) in [6, 6.07) is 1.49. The molecular weight excluding hydrogens is 556 g/mol. The summed E-state index contributed by atoms with van der Waals surface area (Å²) in [5.41, 5.74) is 1.05. The van der Waals surface area contributed by atoms with Gasteiger partial charge in [0.25, 0.3) is 0 Å². The van der Waals surface area contributed by atoms with Gasteiger partial charge in [-0.25, -0.2) is 9.59 Å². The highest BCUT2D eigenvalue weighted by Gasteiger charge is 2.32. The summed E-state index contributed by atoms with van der Waals surface area (Å²) in [5.74, 6) is 0. The molecule has 3 rings (SSSR count). The molecule has 0 unspecified atom stereocenters. The molecule has 1 aromatic carbocycles. The Labute approximate surface area is 205 Å². The Morgan fingerprint density at radius 3 is 2.26 bits per heavy atom. The maximum Gasteiger partial charge on any atom is 0.412 e. The number of aromatic nitrogens is 1. The minimum absolute atomic E-state index is 0.139. The Bertz CT molecular complexity index is 1050. The molecule has 31 heavy (non-hydrogen) atoms. The highest BCUT2D eigenvalue weighted by molar-refractivity contribution is 14.1. The van der Waals surface area contributed by atoms with E-state index < -0.39 is 23.4 Å². The minimum atomic E-state index is -0.629. The lowest BCUT2D eigenvalue weighted by molar-refractivity contribution is 0.0503. The summed E-state index contributed by atoms with van der Waals surface area (Å²) in [6.45, 7) is 11.4. The van der Waals surface area contributed by atoms with E-state index in [4.69, 9.17) is 32.7 Å². The number of rotatable bonds is 2. The van der Waals surface area contributed by atoms with Crippen LogP contribution in [-0.2, 0) is 22.4 Å². The van der Waals surface area contributed by atoms with E-state index in [1.807, 2.05) is 25.3 Å². The van der Waals surface area contributed by atoms with Crippen LogP contribution in [0.1, 0.15) is 47.2 Å². The maximum absolute atomic E-state index is 12.4. The summed E-state index contributed by atoms with van der Waals surface area (Å²) in [4.78, 5) is 24.6. The highest BCUT2D eigenvalue weighted by Crippen LogP contribution is 2.43. The van der Waals surface area contributed by atoms with Crippen molar-refractivity contribution < 1.29 is 19.1 Å². The summed E-state index contributed by atoms with van der Waals surface area (Å²) in [5, 5.41) is 7.23. The third-order valence-corrected chi connectivity index (χ3v) is 6.40. The van der Waals surface area contributed by atoms with Crippen molar-refractivity contribution in [2.24, 2.45) is 0 Å². The van der Waals surface area contributed by atoms with Crippen LogP contribution in [0.25, 0.3) is 10.9 Å². The number of hydrogen-bond donors (Lipinski definition) is 2. The molecule has 2 amide bonds. The average molecular weight is 582 g/mol. The van der Waals surface area contributed by atoms with E-state index in [1.165, 1.54) is 0 Å². The Balaban J connectivity index is 1.93. The van der Waals surface area contributed by atoms with E-state index in [0.29, 0.717) is 34.2 Å². The first-order chi connectivity index (χ1) is 14.2. The molecule has 0 radical (unpaired) electrons. The van der Waals surface area contributed by atoms with Crippen LogP contribution < -0.4 is 10.6 Å². The summed E-state index contributed by atoms with van der Waals surface area (Å²) in [6.07, 6.45) is -0.427. The number of ether oxygens (including phenoxy) is 2. The van der Waals surface area contributed by atoms with Crippen molar-refractivity contribution in [2.45, 2.75) is 71.8 Å². The molecule has 1 aliphatic heterocycles. The van der Waals surface area contributed by atoms with Gasteiger partial charge in [-0.3, -0.25) is 5.32 Å². The van der Waals surface area contributed by atoms with Crippen LogP contribution in [0.15, 0.2) is 6.07 Å². The Kier molecular flexibility index (Phi) is 6.66. The molecule has 0 spiro atoms. The first-order valence-corrected chi connectivity index (χ1v) is 11.7. The molecule has 0 fully saturated rings. The Morgan fingerprint density at radius 2 is 1.68 bits per heavy atom. The third-order valence-electron chi connectivity index (χ3n) is 4.46. The minimum Gasteiger partial charge on any atom is -0.444 e. The fourth-order valence-corrected chi connectivity index (χ4v) is 5.00. The van der Waals surface area contributed by atoms with Crippen LogP contribution >= 0.6 is 45.8 Å². The second-order valence-electron chi connectivity index (χ2n) is 9.49.